The van der Waals surface area contributed by atoms with Crippen LogP contribution >= 0.6 is 11.8 Å². The number of benzene rings is 3. The van der Waals surface area contributed by atoms with Gasteiger partial charge in [0.05, 0.1) is 0 Å². The van der Waals surface area contributed by atoms with Crippen LogP contribution in [0.2, 0.25) is 0 Å². The summed E-state index contributed by atoms with van der Waals surface area (Å²) in [7, 11) is 0. The predicted molar refractivity (Wildman–Crippen MR) is 130 cm³/mol. The molecular weight excluding hydrogens is 432 g/mol. The topological polar surface area (TPSA) is 69.2 Å². The molecule has 0 radical (unpaired) electrons. The molecule has 0 amide bonds. The normalized spacial score (nSPS) is 14.3. The monoisotopic (exact) mass is 456 g/mol. The summed E-state index contributed by atoms with van der Waals surface area (Å²) in [5.74, 6) is 2.18. The zero-order valence-corrected chi connectivity index (χ0v) is 19.1. The lowest BCUT2D eigenvalue weighted by Gasteiger charge is -2.20. The Balaban J connectivity index is 1.44. The molecule has 1 aliphatic heterocycles. The molecule has 166 valence electrons. The van der Waals surface area contributed by atoms with E-state index in [1.54, 1.807) is 11.8 Å². The Hall–Kier alpha value is -3.58. The highest BCUT2D eigenvalue weighted by Crippen LogP contribution is 2.39. The first-order chi connectivity index (χ1) is 16.3. The zero-order valence-electron chi connectivity index (χ0n) is 18.3. The Morgan fingerprint density at radius 2 is 1.82 bits per heavy atom. The Labute approximate surface area is 197 Å². The molecule has 1 N–H and O–H groups in total. The van der Waals surface area contributed by atoms with Crippen molar-refractivity contribution < 1.29 is 9.47 Å². The number of ether oxygens (including phenoxy) is 2. The van der Waals surface area contributed by atoms with E-state index < -0.39 is 6.23 Å². The van der Waals surface area contributed by atoms with E-state index in [2.05, 4.69) is 39.6 Å². The zero-order chi connectivity index (χ0) is 22.5. The third-order valence-electron chi connectivity index (χ3n) is 5.18. The summed E-state index contributed by atoms with van der Waals surface area (Å²) in [6.07, 6.45) is 0.586. The summed E-state index contributed by atoms with van der Waals surface area (Å²) in [6.45, 7) is 2.63. The highest BCUT2D eigenvalue weighted by Gasteiger charge is 2.26. The number of hydrogen-bond acceptors (Lipinski definition) is 7. The molecule has 7 heteroatoms. The van der Waals surface area contributed by atoms with Gasteiger partial charge < -0.3 is 14.8 Å². The summed E-state index contributed by atoms with van der Waals surface area (Å²) < 4.78 is 12.4. The number of nitrogens with zero attached hydrogens (tertiary/aromatic N) is 3. The number of fused-ring (bicyclic) bond motifs is 3. The van der Waals surface area contributed by atoms with Gasteiger partial charge in [0.1, 0.15) is 12.4 Å². The quantitative estimate of drug-likeness (QED) is 0.336. The number of thioether (sulfide) groups is 1. The van der Waals surface area contributed by atoms with Crippen LogP contribution in [-0.2, 0) is 6.61 Å². The van der Waals surface area contributed by atoms with Gasteiger partial charge in [0, 0.05) is 22.6 Å². The van der Waals surface area contributed by atoms with Crippen molar-refractivity contribution in [2.45, 2.75) is 31.3 Å². The van der Waals surface area contributed by atoms with Gasteiger partial charge in [-0.2, -0.15) is 4.98 Å². The number of nitrogens with one attached hydrogen (secondary N) is 1. The van der Waals surface area contributed by atoms with Crippen molar-refractivity contribution in [2.75, 3.05) is 11.1 Å². The number of aromatic nitrogens is 3. The molecule has 0 aliphatic carbocycles. The Kier molecular flexibility index (Phi) is 6.39. The average Bonchev–Trinajstić information content (AvgIpc) is 3.03. The molecule has 33 heavy (non-hydrogen) atoms. The van der Waals surface area contributed by atoms with Crippen LogP contribution in [0.25, 0.3) is 11.3 Å². The van der Waals surface area contributed by atoms with E-state index in [1.165, 1.54) is 0 Å². The van der Waals surface area contributed by atoms with Crippen LogP contribution in [0.1, 0.15) is 30.7 Å². The molecule has 0 fully saturated rings. The average molecular weight is 457 g/mol. The summed E-state index contributed by atoms with van der Waals surface area (Å²) in [5, 5.41) is 12.9. The van der Waals surface area contributed by atoms with Crippen molar-refractivity contribution in [2.24, 2.45) is 0 Å². The largest absolute Gasteiger partial charge is 0.489 e. The smallest absolute Gasteiger partial charge is 0.247 e. The number of rotatable bonds is 7. The van der Waals surface area contributed by atoms with Gasteiger partial charge in [0.2, 0.25) is 11.0 Å². The maximum atomic E-state index is 6.37. The lowest BCUT2D eigenvalue weighted by atomic mass is 10.1. The second kappa shape index (κ2) is 9.92. The fourth-order valence-electron chi connectivity index (χ4n) is 3.56. The Morgan fingerprint density at radius 1 is 0.970 bits per heavy atom. The van der Waals surface area contributed by atoms with Crippen LogP contribution < -0.4 is 14.8 Å². The van der Waals surface area contributed by atoms with Crippen LogP contribution in [0, 0.1) is 0 Å². The molecule has 0 spiro atoms. The van der Waals surface area contributed by atoms with Crippen LogP contribution in [0.3, 0.4) is 0 Å². The first-order valence-electron chi connectivity index (χ1n) is 11.0. The molecule has 0 saturated carbocycles. The van der Waals surface area contributed by atoms with Crippen molar-refractivity contribution in [3.63, 3.8) is 0 Å². The standard InChI is InChI=1S/C26H24N4O2S/c1-2-15-33-26-28-25-23(29-30-26)21-13-6-7-14-22(21)27-24(32-25)19-11-8-12-20(16-19)31-17-18-9-4-3-5-10-18/h3-14,16,24,27H,2,15,17H2,1H3/t24-/m1/s1. The van der Waals surface area contributed by atoms with Gasteiger partial charge >= 0.3 is 0 Å². The van der Waals surface area contributed by atoms with Crippen molar-refractivity contribution in [3.05, 3.63) is 90.0 Å². The Morgan fingerprint density at radius 3 is 2.70 bits per heavy atom. The first kappa shape index (κ1) is 21.3. The Bertz CT molecular complexity index is 1240. The summed E-state index contributed by atoms with van der Waals surface area (Å²) >= 11 is 1.58. The van der Waals surface area contributed by atoms with Crippen LogP contribution in [0.5, 0.6) is 11.6 Å². The molecule has 1 aliphatic rings. The second-order valence-corrected chi connectivity index (χ2v) is 8.69. The number of para-hydroxylation sites is 1. The van der Waals surface area contributed by atoms with Crippen molar-refractivity contribution in [3.8, 4) is 22.9 Å². The fourth-order valence-corrected chi connectivity index (χ4v) is 4.19. The molecule has 1 aromatic heterocycles. The van der Waals surface area contributed by atoms with Crippen molar-refractivity contribution >= 4 is 17.4 Å². The molecule has 0 bridgehead atoms. The third kappa shape index (κ3) is 4.93. The molecule has 5 rings (SSSR count). The maximum Gasteiger partial charge on any atom is 0.247 e. The van der Waals surface area contributed by atoms with E-state index in [1.807, 2.05) is 66.7 Å². The minimum Gasteiger partial charge on any atom is -0.489 e. The highest BCUT2D eigenvalue weighted by molar-refractivity contribution is 7.99. The van der Waals surface area contributed by atoms with Gasteiger partial charge in [-0.1, -0.05) is 79.3 Å². The van der Waals surface area contributed by atoms with E-state index >= 15 is 0 Å². The second-order valence-electron chi connectivity index (χ2n) is 7.63. The van der Waals surface area contributed by atoms with E-state index in [0.717, 1.165) is 40.3 Å². The van der Waals surface area contributed by atoms with Gasteiger partial charge in [0.15, 0.2) is 11.9 Å². The van der Waals surface area contributed by atoms with Crippen molar-refractivity contribution in [1.29, 1.82) is 0 Å². The summed E-state index contributed by atoms with van der Waals surface area (Å²) in [4.78, 5) is 4.68. The third-order valence-corrected chi connectivity index (χ3v) is 6.22. The number of hydrogen-bond donors (Lipinski definition) is 1. The minimum absolute atomic E-state index is 0.451. The van der Waals surface area contributed by atoms with Gasteiger partial charge in [0.25, 0.3) is 0 Å². The molecule has 6 nitrogen and oxygen atoms in total. The first-order valence-corrected chi connectivity index (χ1v) is 12.0. The molecule has 2 heterocycles. The lowest BCUT2D eigenvalue weighted by molar-refractivity contribution is 0.224. The summed E-state index contributed by atoms with van der Waals surface area (Å²) in [5.41, 5.74) is 4.53. The minimum atomic E-state index is -0.451. The molecule has 4 aromatic rings. The van der Waals surface area contributed by atoms with E-state index in [0.29, 0.717) is 23.3 Å². The van der Waals surface area contributed by atoms with E-state index in [-0.39, 0.29) is 0 Å². The lowest BCUT2D eigenvalue weighted by Crippen LogP contribution is -2.17. The van der Waals surface area contributed by atoms with Crippen molar-refractivity contribution in [1.82, 2.24) is 15.2 Å². The van der Waals surface area contributed by atoms with Crippen LogP contribution in [-0.4, -0.2) is 20.9 Å². The van der Waals surface area contributed by atoms with E-state index in [9.17, 15) is 0 Å². The molecule has 0 unspecified atom stereocenters. The maximum absolute atomic E-state index is 6.37. The molecule has 3 aromatic carbocycles. The number of anilines is 1. The SMILES string of the molecule is CCCSc1nnc2c(n1)O[C@H](c1cccc(OCc3ccccc3)c1)Nc1ccccc1-2. The van der Waals surface area contributed by atoms with Gasteiger partial charge in [-0.3, -0.25) is 0 Å². The van der Waals surface area contributed by atoms with Crippen LogP contribution in [0.4, 0.5) is 5.69 Å². The van der Waals surface area contributed by atoms with Gasteiger partial charge in [-0.15, -0.1) is 10.2 Å². The molecule has 0 saturated heterocycles. The van der Waals surface area contributed by atoms with Gasteiger partial charge in [-0.25, -0.2) is 0 Å². The van der Waals surface area contributed by atoms with Gasteiger partial charge in [-0.05, 0) is 30.2 Å². The van der Waals surface area contributed by atoms with Crippen LogP contribution in [0.15, 0.2) is 84.0 Å². The molecule has 1 atom stereocenters. The highest BCUT2D eigenvalue weighted by atomic mass is 32.2. The fraction of sp³-hybridized carbons (Fsp3) is 0.192. The van der Waals surface area contributed by atoms with E-state index in [4.69, 9.17) is 9.47 Å². The molecular formula is C26H24N4O2S. The summed E-state index contributed by atoms with van der Waals surface area (Å²) in [6, 6.07) is 26.0. The predicted octanol–water partition coefficient (Wildman–Crippen LogP) is 6.12.